The van der Waals surface area contributed by atoms with Crippen molar-refractivity contribution in [3.63, 3.8) is 0 Å². The third-order valence-corrected chi connectivity index (χ3v) is 2.38. The van der Waals surface area contributed by atoms with Gasteiger partial charge in [-0.1, -0.05) is 5.16 Å². The van der Waals surface area contributed by atoms with Crippen LogP contribution in [0.3, 0.4) is 0 Å². The quantitative estimate of drug-likeness (QED) is 0.250. The number of hydrogen-bond donors (Lipinski definition) is 2. The molecule has 0 saturated heterocycles. The zero-order valence-corrected chi connectivity index (χ0v) is 10.1. The van der Waals surface area contributed by atoms with Crippen LogP contribution >= 0.6 is 0 Å². The first-order chi connectivity index (χ1) is 8.19. The fourth-order valence-electron chi connectivity index (χ4n) is 1.38. The van der Waals surface area contributed by atoms with Crippen LogP contribution < -0.4 is 10.6 Å². The Labute approximate surface area is 101 Å². The molecule has 6 nitrogen and oxygen atoms in total. The highest BCUT2D eigenvalue weighted by Crippen LogP contribution is 2.09. The topological polar surface area (TPSA) is 84.0 Å². The number of oxime groups is 1. The molecule has 0 aliphatic heterocycles. The smallest absolute Gasteiger partial charge is 0.171 e. The molecule has 0 bridgehead atoms. The first kappa shape index (κ1) is 13.2. The molecular formula is C11H18N4O2. The molecule has 0 atom stereocenters. The van der Waals surface area contributed by atoms with E-state index in [1.54, 1.807) is 19.4 Å². The fourth-order valence-corrected chi connectivity index (χ4v) is 1.38. The predicted molar refractivity (Wildman–Crippen MR) is 66.5 cm³/mol. The van der Waals surface area contributed by atoms with Crippen molar-refractivity contribution >= 4 is 11.7 Å². The summed E-state index contributed by atoms with van der Waals surface area (Å²) in [6.45, 7) is 1.59. The Kier molecular flexibility index (Phi) is 5.22. The number of ether oxygens (including phenoxy) is 1. The summed E-state index contributed by atoms with van der Waals surface area (Å²) in [6.07, 6.45) is 2.52. The first-order valence-corrected chi connectivity index (χ1v) is 5.33. The van der Waals surface area contributed by atoms with Crippen LogP contribution in [0.4, 0.5) is 5.82 Å². The normalized spacial score (nSPS) is 11.5. The van der Waals surface area contributed by atoms with Crippen molar-refractivity contribution in [2.45, 2.75) is 6.42 Å². The van der Waals surface area contributed by atoms with Crippen molar-refractivity contribution in [3.05, 3.63) is 23.9 Å². The molecule has 94 valence electrons. The van der Waals surface area contributed by atoms with Gasteiger partial charge in [0.25, 0.3) is 0 Å². The molecule has 0 amide bonds. The summed E-state index contributed by atoms with van der Waals surface area (Å²) in [5, 5.41) is 11.4. The Morgan fingerprint density at radius 2 is 2.35 bits per heavy atom. The van der Waals surface area contributed by atoms with E-state index in [1.165, 1.54) is 0 Å². The van der Waals surface area contributed by atoms with Crippen LogP contribution in [-0.2, 0) is 4.74 Å². The summed E-state index contributed by atoms with van der Waals surface area (Å²) in [7, 11) is 3.64. The molecule has 3 N–H and O–H groups in total. The van der Waals surface area contributed by atoms with Gasteiger partial charge in [-0.15, -0.1) is 0 Å². The van der Waals surface area contributed by atoms with E-state index in [2.05, 4.69) is 10.1 Å². The Morgan fingerprint density at radius 1 is 1.59 bits per heavy atom. The highest BCUT2D eigenvalue weighted by Gasteiger charge is 2.04. The molecule has 1 aromatic heterocycles. The minimum absolute atomic E-state index is 0.0612. The number of aromatic nitrogens is 1. The summed E-state index contributed by atoms with van der Waals surface area (Å²) in [4.78, 5) is 6.26. The SMILES string of the molecule is COCCCN(C)c1ccc(C(N)=NO)cn1. The number of rotatable bonds is 6. The monoisotopic (exact) mass is 238 g/mol. The summed E-state index contributed by atoms with van der Waals surface area (Å²) in [6, 6.07) is 3.60. The van der Waals surface area contributed by atoms with Crippen LogP contribution in [0.15, 0.2) is 23.5 Å². The van der Waals surface area contributed by atoms with Crippen molar-refractivity contribution in [3.8, 4) is 0 Å². The van der Waals surface area contributed by atoms with Crippen LogP contribution in [0.25, 0.3) is 0 Å². The molecule has 0 saturated carbocycles. The predicted octanol–water partition coefficient (Wildman–Crippen LogP) is 0.649. The van der Waals surface area contributed by atoms with Crippen molar-refractivity contribution < 1.29 is 9.94 Å². The standard InChI is InChI=1S/C11H18N4O2/c1-15(6-3-7-17-2)10-5-4-9(8-13-10)11(12)14-16/h4-5,8,16H,3,6-7H2,1-2H3,(H2,12,14). The number of methoxy groups -OCH3 is 1. The molecule has 1 rings (SSSR count). The maximum Gasteiger partial charge on any atom is 0.171 e. The molecule has 0 aliphatic carbocycles. The van der Waals surface area contributed by atoms with Crippen molar-refractivity contribution in [2.24, 2.45) is 10.9 Å². The second kappa shape index (κ2) is 6.70. The Bertz CT molecular complexity index is 364. The zero-order valence-electron chi connectivity index (χ0n) is 10.1. The van der Waals surface area contributed by atoms with Gasteiger partial charge in [0.2, 0.25) is 0 Å². The van der Waals surface area contributed by atoms with Gasteiger partial charge in [-0.25, -0.2) is 4.98 Å². The van der Waals surface area contributed by atoms with Gasteiger partial charge in [-0.05, 0) is 18.6 Å². The van der Waals surface area contributed by atoms with Crippen LogP contribution in [0.5, 0.6) is 0 Å². The number of nitrogens with two attached hydrogens (primary N) is 1. The number of hydrogen-bond acceptors (Lipinski definition) is 5. The molecule has 0 spiro atoms. The first-order valence-electron chi connectivity index (χ1n) is 5.33. The van der Waals surface area contributed by atoms with Gasteiger partial charge >= 0.3 is 0 Å². The molecule has 0 fully saturated rings. The Balaban J connectivity index is 2.61. The molecule has 6 heteroatoms. The van der Waals surface area contributed by atoms with Crippen LogP contribution in [0.2, 0.25) is 0 Å². The van der Waals surface area contributed by atoms with Crippen molar-refractivity contribution in [1.29, 1.82) is 0 Å². The minimum Gasteiger partial charge on any atom is -0.409 e. The summed E-state index contributed by atoms with van der Waals surface area (Å²) >= 11 is 0. The summed E-state index contributed by atoms with van der Waals surface area (Å²) in [5.41, 5.74) is 6.05. The Hall–Kier alpha value is -1.82. The maximum atomic E-state index is 8.52. The fraction of sp³-hybridized carbons (Fsp3) is 0.455. The second-order valence-corrected chi connectivity index (χ2v) is 3.66. The summed E-state index contributed by atoms with van der Waals surface area (Å²) < 4.78 is 4.99. The van der Waals surface area contributed by atoms with Crippen LogP contribution in [0.1, 0.15) is 12.0 Å². The summed E-state index contributed by atoms with van der Waals surface area (Å²) in [5.74, 6) is 0.904. The van der Waals surface area contributed by atoms with Gasteiger partial charge in [0.1, 0.15) is 5.82 Å². The lowest BCUT2D eigenvalue weighted by Crippen LogP contribution is -2.21. The second-order valence-electron chi connectivity index (χ2n) is 3.66. The van der Waals surface area contributed by atoms with Crippen molar-refractivity contribution in [1.82, 2.24) is 4.98 Å². The molecular weight excluding hydrogens is 220 g/mol. The number of amidine groups is 1. The molecule has 1 aromatic rings. The lowest BCUT2D eigenvalue weighted by molar-refractivity contribution is 0.196. The maximum absolute atomic E-state index is 8.52. The molecule has 0 unspecified atom stereocenters. The van der Waals surface area contributed by atoms with Gasteiger partial charge in [-0.3, -0.25) is 0 Å². The van der Waals surface area contributed by atoms with Crippen LogP contribution in [0, 0.1) is 0 Å². The third-order valence-electron chi connectivity index (χ3n) is 2.38. The van der Waals surface area contributed by atoms with E-state index in [4.69, 9.17) is 15.7 Å². The van der Waals surface area contributed by atoms with E-state index in [1.807, 2.05) is 18.0 Å². The van der Waals surface area contributed by atoms with Gasteiger partial charge in [0.15, 0.2) is 5.84 Å². The van der Waals surface area contributed by atoms with Gasteiger partial charge in [0.05, 0.1) is 0 Å². The Morgan fingerprint density at radius 3 is 2.88 bits per heavy atom. The molecule has 0 aromatic carbocycles. The number of anilines is 1. The van der Waals surface area contributed by atoms with Gasteiger partial charge in [-0.2, -0.15) is 0 Å². The number of pyridine rings is 1. The average Bonchev–Trinajstić information content (AvgIpc) is 2.38. The molecule has 1 heterocycles. The van der Waals surface area contributed by atoms with Crippen molar-refractivity contribution in [2.75, 3.05) is 32.2 Å². The van der Waals surface area contributed by atoms with E-state index < -0.39 is 0 Å². The van der Waals surface area contributed by atoms with Gasteiger partial charge < -0.3 is 20.6 Å². The molecule has 0 aliphatic rings. The number of nitrogens with zero attached hydrogens (tertiary/aromatic N) is 3. The van der Waals surface area contributed by atoms with E-state index >= 15 is 0 Å². The van der Waals surface area contributed by atoms with E-state index in [9.17, 15) is 0 Å². The molecule has 0 radical (unpaired) electrons. The van der Waals surface area contributed by atoms with Crippen LogP contribution in [-0.4, -0.2) is 43.3 Å². The lowest BCUT2D eigenvalue weighted by Gasteiger charge is -2.17. The highest BCUT2D eigenvalue weighted by molar-refractivity contribution is 5.96. The third kappa shape index (κ3) is 3.92. The zero-order chi connectivity index (χ0) is 12.7. The largest absolute Gasteiger partial charge is 0.409 e. The average molecular weight is 238 g/mol. The van der Waals surface area contributed by atoms with E-state index in [-0.39, 0.29) is 5.84 Å². The minimum atomic E-state index is 0.0612. The lowest BCUT2D eigenvalue weighted by atomic mass is 10.2. The molecule has 17 heavy (non-hydrogen) atoms. The van der Waals surface area contributed by atoms with E-state index in [0.29, 0.717) is 5.56 Å². The highest BCUT2D eigenvalue weighted by atomic mass is 16.5. The van der Waals surface area contributed by atoms with Gasteiger partial charge in [0, 0.05) is 39.1 Å². The van der Waals surface area contributed by atoms with E-state index in [0.717, 1.165) is 25.4 Å².